The molecule has 4 rings (SSSR count). The van der Waals surface area contributed by atoms with E-state index in [4.69, 9.17) is 23.2 Å². The van der Waals surface area contributed by atoms with Crippen LogP contribution in [0.4, 0.5) is 5.69 Å². The van der Waals surface area contributed by atoms with Crippen LogP contribution in [0.25, 0.3) is 10.9 Å². The van der Waals surface area contributed by atoms with Gasteiger partial charge in [-0.25, -0.2) is 0 Å². The number of fused-ring (bicyclic) bond motifs is 1. The van der Waals surface area contributed by atoms with Crippen LogP contribution < -0.4 is 0 Å². The van der Waals surface area contributed by atoms with Crippen LogP contribution in [-0.4, -0.2) is 45.2 Å². The van der Waals surface area contributed by atoms with Gasteiger partial charge in [0, 0.05) is 48.9 Å². The minimum Gasteiger partial charge on any atom is -0.361 e. The molecule has 0 bridgehead atoms. The smallest absolute Gasteiger partial charge is 0.269 e. The zero-order valence-electron chi connectivity index (χ0n) is 21.9. The summed E-state index contributed by atoms with van der Waals surface area (Å²) in [5.74, 6) is 0.0129. The van der Waals surface area contributed by atoms with Gasteiger partial charge in [0.1, 0.15) is 0 Å². The van der Waals surface area contributed by atoms with Gasteiger partial charge in [0.25, 0.3) is 5.69 Å². The van der Waals surface area contributed by atoms with Gasteiger partial charge in [-0.05, 0) is 54.3 Å². The van der Waals surface area contributed by atoms with Crippen LogP contribution in [0.2, 0.25) is 10.0 Å². The van der Waals surface area contributed by atoms with E-state index in [1.165, 1.54) is 12.1 Å². The second kappa shape index (κ2) is 13.6. The maximum absolute atomic E-state index is 13.8. The summed E-state index contributed by atoms with van der Waals surface area (Å²) in [5, 5.41) is 13.1. The van der Waals surface area contributed by atoms with E-state index in [0.717, 1.165) is 47.0 Å². The van der Waals surface area contributed by atoms with Crippen LogP contribution >= 0.6 is 23.2 Å². The van der Waals surface area contributed by atoms with Crippen molar-refractivity contribution in [2.24, 2.45) is 0 Å². The molecule has 0 aliphatic rings. The summed E-state index contributed by atoms with van der Waals surface area (Å²) < 4.78 is 0. The molecule has 39 heavy (non-hydrogen) atoms. The van der Waals surface area contributed by atoms with Gasteiger partial charge < -0.3 is 9.88 Å². The Morgan fingerprint density at radius 2 is 1.69 bits per heavy atom. The molecule has 1 N–H and O–H groups in total. The van der Waals surface area contributed by atoms with Crippen molar-refractivity contribution in [2.75, 3.05) is 19.6 Å². The Bertz CT molecular complexity index is 1420. The molecule has 3 aromatic carbocycles. The van der Waals surface area contributed by atoms with E-state index in [1.54, 1.807) is 18.2 Å². The van der Waals surface area contributed by atoms with E-state index in [1.807, 2.05) is 41.4 Å². The summed E-state index contributed by atoms with van der Waals surface area (Å²) in [7, 11) is 0. The minimum atomic E-state index is -0.406. The predicted octanol–water partition coefficient (Wildman–Crippen LogP) is 7.26. The molecule has 9 heteroatoms. The van der Waals surface area contributed by atoms with Crippen molar-refractivity contribution in [2.45, 2.75) is 39.3 Å². The first-order chi connectivity index (χ1) is 18.8. The fraction of sp³-hybridized carbons (Fsp3) is 0.300. The molecule has 0 unspecified atom stereocenters. The molecule has 0 atom stereocenters. The van der Waals surface area contributed by atoms with Gasteiger partial charge in [0.15, 0.2) is 0 Å². The van der Waals surface area contributed by atoms with Gasteiger partial charge in [0.05, 0.1) is 21.5 Å². The molecule has 1 amide bonds. The van der Waals surface area contributed by atoms with E-state index in [0.29, 0.717) is 36.1 Å². The highest BCUT2D eigenvalue weighted by molar-refractivity contribution is 6.42. The fourth-order valence-corrected chi connectivity index (χ4v) is 4.93. The Balaban J connectivity index is 1.52. The number of nitrogens with zero attached hydrogens (tertiary/aromatic N) is 3. The van der Waals surface area contributed by atoms with Crippen LogP contribution in [-0.2, 0) is 24.3 Å². The summed E-state index contributed by atoms with van der Waals surface area (Å²) in [6, 6.07) is 20.1. The SMILES string of the molecule is CCCCN(CC(=O)N(CCc1c[nH]c2ccccc12)Cc1ccc(Cl)c(Cl)c1)Cc1ccc([N+](=O)[O-])cc1. The van der Waals surface area contributed by atoms with Crippen molar-refractivity contribution in [3.05, 3.63) is 110 Å². The monoisotopic (exact) mass is 566 g/mol. The van der Waals surface area contributed by atoms with Gasteiger partial charge >= 0.3 is 0 Å². The van der Waals surface area contributed by atoms with Gasteiger partial charge in [-0.1, -0.05) is 72.9 Å². The van der Waals surface area contributed by atoms with Crippen LogP contribution in [0.15, 0.2) is 72.9 Å². The predicted molar refractivity (Wildman–Crippen MR) is 157 cm³/mol. The number of benzene rings is 3. The third-order valence-corrected chi connectivity index (χ3v) is 7.52. The molecule has 204 valence electrons. The van der Waals surface area contributed by atoms with Gasteiger partial charge in [-0.2, -0.15) is 0 Å². The van der Waals surface area contributed by atoms with E-state index >= 15 is 0 Å². The number of aromatic nitrogens is 1. The average Bonchev–Trinajstić information content (AvgIpc) is 3.35. The van der Waals surface area contributed by atoms with E-state index in [-0.39, 0.29) is 18.1 Å². The van der Waals surface area contributed by atoms with E-state index in [9.17, 15) is 14.9 Å². The molecule has 0 saturated carbocycles. The number of non-ortho nitro benzene ring substituents is 1. The van der Waals surface area contributed by atoms with Gasteiger partial charge in [-0.15, -0.1) is 0 Å². The first kappa shape index (κ1) is 28.6. The number of carbonyl (C=O) groups is 1. The van der Waals surface area contributed by atoms with Crippen molar-refractivity contribution >= 4 is 45.7 Å². The lowest BCUT2D eigenvalue weighted by molar-refractivity contribution is -0.384. The normalized spacial score (nSPS) is 11.3. The number of unbranched alkanes of at least 4 members (excludes halogenated alkanes) is 1. The molecule has 0 saturated heterocycles. The van der Waals surface area contributed by atoms with Crippen molar-refractivity contribution in [1.82, 2.24) is 14.8 Å². The maximum Gasteiger partial charge on any atom is 0.269 e. The van der Waals surface area contributed by atoms with Crippen molar-refractivity contribution in [3.8, 4) is 0 Å². The number of amides is 1. The number of carbonyl (C=O) groups excluding carboxylic acids is 1. The number of hydrogen-bond acceptors (Lipinski definition) is 4. The number of para-hydroxylation sites is 1. The number of nitro benzene ring substituents is 1. The molecule has 7 nitrogen and oxygen atoms in total. The molecule has 1 aromatic heterocycles. The molecule has 0 aliphatic carbocycles. The van der Waals surface area contributed by atoms with Crippen molar-refractivity contribution < 1.29 is 9.72 Å². The number of H-pyrrole nitrogens is 1. The Labute approximate surface area is 238 Å². The highest BCUT2D eigenvalue weighted by Crippen LogP contribution is 2.24. The third kappa shape index (κ3) is 7.82. The molecule has 1 heterocycles. The number of rotatable bonds is 13. The van der Waals surface area contributed by atoms with Crippen molar-refractivity contribution in [1.29, 1.82) is 0 Å². The molecular weight excluding hydrogens is 535 g/mol. The lowest BCUT2D eigenvalue weighted by atomic mass is 10.1. The number of aromatic amines is 1. The lowest BCUT2D eigenvalue weighted by Crippen LogP contribution is -2.41. The zero-order valence-corrected chi connectivity index (χ0v) is 23.4. The van der Waals surface area contributed by atoms with Gasteiger partial charge in [-0.3, -0.25) is 19.8 Å². The number of nitrogens with one attached hydrogen (secondary N) is 1. The largest absolute Gasteiger partial charge is 0.361 e. The molecule has 0 radical (unpaired) electrons. The van der Waals surface area contributed by atoms with Crippen LogP contribution in [0.5, 0.6) is 0 Å². The van der Waals surface area contributed by atoms with Crippen LogP contribution in [0.3, 0.4) is 0 Å². The zero-order chi connectivity index (χ0) is 27.8. The molecular formula is C30H32Cl2N4O3. The summed E-state index contributed by atoms with van der Waals surface area (Å²) in [5.41, 5.74) is 4.13. The maximum atomic E-state index is 13.8. The third-order valence-electron chi connectivity index (χ3n) is 6.78. The summed E-state index contributed by atoms with van der Waals surface area (Å²) >= 11 is 12.4. The second-order valence-corrected chi connectivity index (χ2v) is 10.5. The summed E-state index contributed by atoms with van der Waals surface area (Å²) in [6.07, 6.45) is 4.66. The lowest BCUT2D eigenvalue weighted by Gasteiger charge is -2.28. The highest BCUT2D eigenvalue weighted by Gasteiger charge is 2.20. The second-order valence-electron chi connectivity index (χ2n) is 9.66. The Morgan fingerprint density at radius 1 is 0.949 bits per heavy atom. The fourth-order valence-electron chi connectivity index (χ4n) is 4.61. The minimum absolute atomic E-state index is 0.0129. The van der Waals surface area contributed by atoms with E-state index in [2.05, 4.69) is 22.9 Å². The van der Waals surface area contributed by atoms with E-state index < -0.39 is 4.92 Å². The quantitative estimate of drug-likeness (QED) is 0.136. The van der Waals surface area contributed by atoms with Crippen LogP contribution in [0, 0.1) is 10.1 Å². The Morgan fingerprint density at radius 3 is 2.41 bits per heavy atom. The Kier molecular flexibility index (Phi) is 9.98. The molecule has 0 aliphatic heterocycles. The molecule has 0 spiro atoms. The standard InChI is InChI=1S/C30H32Cl2N4O3/c1-2-3-15-34(19-22-8-11-25(12-9-22)36(38)39)21-30(37)35(20-23-10-13-27(31)28(32)17-23)16-14-24-18-33-29-7-5-4-6-26(24)29/h4-13,17-18,33H,2-3,14-16,19-21H2,1H3. The summed E-state index contributed by atoms with van der Waals surface area (Å²) in [4.78, 5) is 31.7. The number of hydrogen-bond donors (Lipinski definition) is 1. The van der Waals surface area contributed by atoms with Gasteiger partial charge in [0.2, 0.25) is 5.91 Å². The first-order valence-electron chi connectivity index (χ1n) is 13.1. The molecule has 4 aromatic rings. The number of halogens is 2. The number of nitro groups is 1. The highest BCUT2D eigenvalue weighted by atomic mass is 35.5. The van der Waals surface area contributed by atoms with Crippen molar-refractivity contribution in [3.63, 3.8) is 0 Å². The Hall–Kier alpha value is -3.39. The first-order valence-corrected chi connectivity index (χ1v) is 13.8. The summed E-state index contributed by atoms with van der Waals surface area (Å²) in [6.45, 7) is 4.60. The average molecular weight is 568 g/mol. The topological polar surface area (TPSA) is 82.5 Å². The molecule has 0 fully saturated rings. The van der Waals surface area contributed by atoms with Crippen LogP contribution in [0.1, 0.15) is 36.5 Å².